The van der Waals surface area contributed by atoms with Crippen LogP contribution in [0, 0.1) is 6.92 Å². The fourth-order valence-electron chi connectivity index (χ4n) is 5.43. The van der Waals surface area contributed by atoms with Crippen LogP contribution < -0.4 is 10.6 Å². The highest BCUT2D eigenvalue weighted by Gasteiger charge is 2.26. The highest BCUT2D eigenvalue weighted by Crippen LogP contribution is 2.37. The lowest BCUT2D eigenvalue weighted by Crippen LogP contribution is -2.29. The van der Waals surface area contributed by atoms with E-state index in [2.05, 4.69) is 70.8 Å². The molecule has 34 heavy (non-hydrogen) atoms. The van der Waals surface area contributed by atoms with Gasteiger partial charge in [-0.3, -0.25) is 14.9 Å². The molecular formula is C29H31N5. The molecule has 172 valence electrons. The minimum atomic E-state index is 0.143. The molecule has 0 aliphatic carbocycles. The zero-order chi connectivity index (χ0) is 23.1. The van der Waals surface area contributed by atoms with E-state index in [9.17, 15) is 0 Å². The molecule has 3 aliphatic heterocycles. The van der Waals surface area contributed by atoms with E-state index in [0.717, 1.165) is 29.3 Å². The zero-order valence-corrected chi connectivity index (χ0v) is 19.9. The van der Waals surface area contributed by atoms with Gasteiger partial charge >= 0.3 is 0 Å². The molecule has 5 heteroatoms. The number of hydrogen-bond donors (Lipinski definition) is 2. The Morgan fingerprint density at radius 3 is 2.74 bits per heavy atom. The summed E-state index contributed by atoms with van der Waals surface area (Å²) in [7, 11) is 0. The average molecular weight is 450 g/mol. The minimum Gasteiger partial charge on any atom is -0.358 e. The molecule has 0 bridgehead atoms. The van der Waals surface area contributed by atoms with Gasteiger partial charge in [0.25, 0.3) is 0 Å². The van der Waals surface area contributed by atoms with Gasteiger partial charge < -0.3 is 10.6 Å². The molecular weight excluding hydrogens is 418 g/mol. The summed E-state index contributed by atoms with van der Waals surface area (Å²) < 4.78 is 0. The number of pyridine rings is 1. The summed E-state index contributed by atoms with van der Waals surface area (Å²) in [5.41, 5.74) is 11.7. The summed E-state index contributed by atoms with van der Waals surface area (Å²) in [6.45, 7) is 7.85. The lowest BCUT2D eigenvalue weighted by molar-refractivity contribution is 0.221. The summed E-state index contributed by atoms with van der Waals surface area (Å²) in [5.74, 6) is 0. The Morgan fingerprint density at radius 1 is 0.971 bits per heavy atom. The number of allylic oxidation sites excluding steroid dienone is 1. The average Bonchev–Trinajstić information content (AvgIpc) is 3.20. The lowest BCUT2D eigenvalue weighted by atomic mass is 9.93. The van der Waals surface area contributed by atoms with E-state index in [1.54, 1.807) is 6.20 Å². The highest BCUT2D eigenvalue weighted by molar-refractivity contribution is 6.18. The van der Waals surface area contributed by atoms with Gasteiger partial charge in [0.05, 0.1) is 35.0 Å². The molecule has 1 saturated heterocycles. The first-order valence-electron chi connectivity index (χ1n) is 12.4. The van der Waals surface area contributed by atoms with Crippen molar-refractivity contribution in [3.63, 3.8) is 0 Å². The van der Waals surface area contributed by atoms with Gasteiger partial charge in [-0.15, -0.1) is 0 Å². The van der Waals surface area contributed by atoms with Crippen LogP contribution in [0.1, 0.15) is 54.5 Å². The van der Waals surface area contributed by atoms with Crippen LogP contribution in [0.3, 0.4) is 0 Å². The number of hydrogen-bond acceptors (Lipinski definition) is 5. The first kappa shape index (κ1) is 21.1. The van der Waals surface area contributed by atoms with E-state index in [-0.39, 0.29) is 6.04 Å². The van der Waals surface area contributed by atoms with Gasteiger partial charge in [-0.05, 0) is 80.2 Å². The van der Waals surface area contributed by atoms with Crippen molar-refractivity contribution in [2.45, 2.75) is 45.7 Å². The van der Waals surface area contributed by atoms with Gasteiger partial charge in [0.1, 0.15) is 0 Å². The third kappa shape index (κ3) is 4.01. The number of aliphatic imine (C=N–C) groups is 1. The van der Waals surface area contributed by atoms with E-state index in [0.29, 0.717) is 0 Å². The largest absolute Gasteiger partial charge is 0.358 e. The standard InChI is InChI=1S/C29H31N5/c1-19-12-21(18-34-10-4-3-5-11-34)14-23(13-19)22-6-7-24-20(2)32-29(25(24)15-22)28-17-31-26-8-9-30-16-27(26)33-28/h6-9,12-17,20,31,33H,3-5,10-11,18H2,1-2H3/t20-/m0/s1. The van der Waals surface area contributed by atoms with E-state index in [1.807, 2.05) is 18.5 Å². The summed E-state index contributed by atoms with van der Waals surface area (Å²) in [6, 6.07) is 16.0. The van der Waals surface area contributed by atoms with Gasteiger partial charge in [0, 0.05) is 24.5 Å². The van der Waals surface area contributed by atoms with Crippen molar-refractivity contribution in [3.05, 3.63) is 89.0 Å². The molecule has 3 aromatic rings. The number of aryl methyl sites for hydroxylation is 1. The number of aromatic nitrogens is 1. The predicted molar refractivity (Wildman–Crippen MR) is 140 cm³/mol. The second kappa shape index (κ2) is 8.73. The Balaban J connectivity index is 1.32. The summed E-state index contributed by atoms with van der Waals surface area (Å²) in [6.07, 6.45) is 9.67. The van der Waals surface area contributed by atoms with Gasteiger partial charge in [-0.25, -0.2) is 0 Å². The summed E-state index contributed by atoms with van der Waals surface area (Å²) >= 11 is 0. The third-order valence-electron chi connectivity index (χ3n) is 7.12. The van der Waals surface area contributed by atoms with Crippen LogP contribution in [0.4, 0.5) is 11.4 Å². The van der Waals surface area contributed by atoms with E-state index in [4.69, 9.17) is 4.99 Å². The number of fused-ring (bicyclic) bond motifs is 2. The molecule has 0 radical (unpaired) electrons. The SMILES string of the molecule is Cc1cc(CN2CCCCC2)cc(-c2ccc3c(c2)C(C2=CNc4ccncc4N2)=N[C@H]3C)c1. The van der Waals surface area contributed by atoms with Crippen molar-refractivity contribution in [1.82, 2.24) is 9.88 Å². The fourth-order valence-corrected chi connectivity index (χ4v) is 5.43. The van der Waals surface area contributed by atoms with Crippen LogP contribution in [0.15, 0.2) is 71.7 Å². The maximum atomic E-state index is 5.02. The van der Waals surface area contributed by atoms with Crippen LogP contribution in [-0.2, 0) is 6.54 Å². The molecule has 0 unspecified atom stereocenters. The van der Waals surface area contributed by atoms with E-state index in [1.165, 1.54) is 65.7 Å². The van der Waals surface area contributed by atoms with Crippen molar-refractivity contribution in [2.24, 2.45) is 4.99 Å². The molecule has 4 heterocycles. The topological polar surface area (TPSA) is 52.5 Å². The first-order valence-corrected chi connectivity index (χ1v) is 12.4. The van der Waals surface area contributed by atoms with Gasteiger partial charge in [0.15, 0.2) is 0 Å². The molecule has 0 saturated carbocycles. The highest BCUT2D eigenvalue weighted by atomic mass is 15.1. The number of benzene rings is 2. The molecule has 1 aromatic heterocycles. The lowest BCUT2D eigenvalue weighted by Gasteiger charge is -2.26. The van der Waals surface area contributed by atoms with Crippen LogP contribution in [-0.4, -0.2) is 28.7 Å². The quantitative estimate of drug-likeness (QED) is 0.492. The van der Waals surface area contributed by atoms with Gasteiger partial charge in [0.2, 0.25) is 0 Å². The third-order valence-corrected chi connectivity index (χ3v) is 7.12. The Kier molecular flexibility index (Phi) is 5.42. The Bertz CT molecular complexity index is 1300. The molecule has 6 rings (SSSR count). The first-order chi connectivity index (χ1) is 16.6. The second-order valence-electron chi connectivity index (χ2n) is 9.75. The molecule has 1 atom stereocenters. The number of nitrogens with zero attached hydrogens (tertiary/aromatic N) is 3. The zero-order valence-electron chi connectivity index (χ0n) is 19.9. The number of piperidine rings is 1. The van der Waals surface area contributed by atoms with Crippen molar-refractivity contribution in [1.29, 1.82) is 0 Å². The van der Waals surface area contributed by atoms with Gasteiger partial charge in [-0.2, -0.15) is 0 Å². The van der Waals surface area contributed by atoms with Crippen molar-refractivity contribution >= 4 is 17.1 Å². The molecule has 0 amide bonds. The van der Waals surface area contributed by atoms with Crippen molar-refractivity contribution in [3.8, 4) is 11.1 Å². The maximum absolute atomic E-state index is 5.02. The number of nitrogens with one attached hydrogen (secondary N) is 2. The molecule has 2 aromatic carbocycles. The molecule has 0 spiro atoms. The fraction of sp³-hybridized carbons (Fsp3) is 0.310. The summed E-state index contributed by atoms with van der Waals surface area (Å²) in [5, 5.41) is 6.91. The van der Waals surface area contributed by atoms with Crippen molar-refractivity contribution in [2.75, 3.05) is 23.7 Å². The smallest absolute Gasteiger partial charge is 0.0907 e. The van der Waals surface area contributed by atoms with Crippen LogP contribution >= 0.6 is 0 Å². The van der Waals surface area contributed by atoms with Gasteiger partial charge in [-0.1, -0.05) is 36.2 Å². The second-order valence-corrected chi connectivity index (χ2v) is 9.75. The Labute approximate surface area is 201 Å². The Hall–Kier alpha value is -3.44. The predicted octanol–water partition coefficient (Wildman–Crippen LogP) is 6.29. The monoisotopic (exact) mass is 449 g/mol. The molecule has 3 aliphatic rings. The number of rotatable bonds is 4. The molecule has 1 fully saturated rings. The molecule has 2 N–H and O–H groups in total. The van der Waals surface area contributed by atoms with E-state index >= 15 is 0 Å². The normalized spacial score (nSPS) is 19.4. The maximum Gasteiger partial charge on any atom is 0.0907 e. The van der Waals surface area contributed by atoms with Crippen molar-refractivity contribution < 1.29 is 0 Å². The Morgan fingerprint density at radius 2 is 1.85 bits per heavy atom. The molecule has 5 nitrogen and oxygen atoms in total. The minimum absolute atomic E-state index is 0.143. The van der Waals surface area contributed by atoms with Crippen LogP contribution in [0.25, 0.3) is 11.1 Å². The number of anilines is 2. The van der Waals surface area contributed by atoms with Crippen LogP contribution in [0.2, 0.25) is 0 Å². The van der Waals surface area contributed by atoms with Crippen LogP contribution in [0.5, 0.6) is 0 Å². The van der Waals surface area contributed by atoms with E-state index < -0.39 is 0 Å². The number of likely N-dealkylation sites (tertiary alicyclic amines) is 1. The summed E-state index contributed by atoms with van der Waals surface area (Å²) in [4.78, 5) is 11.9.